The normalized spacial score (nSPS) is 12.7. The first-order valence-electron chi connectivity index (χ1n) is 4.66. The number of carbonyl (C=O) groups is 1. The van der Waals surface area contributed by atoms with Crippen LogP contribution in [0.5, 0.6) is 0 Å². The molecular weight excluding hydrogens is 230 g/mol. The Labute approximate surface area is 96.8 Å². The van der Waals surface area contributed by atoms with E-state index in [1.165, 1.54) is 7.11 Å². The lowest BCUT2D eigenvalue weighted by Gasteiger charge is -2.04. The van der Waals surface area contributed by atoms with E-state index in [9.17, 15) is 9.90 Å². The van der Waals surface area contributed by atoms with Crippen molar-refractivity contribution in [3.8, 4) is 0 Å². The van der Waals surface area contributed by atoms with Gasteiger partial charge in [-0.2, -0.15) is 0 Å². The fraction of sp³-hybridized carbons (Fsp3) is 0.182. The highest BCUT2D eigenvalue weighted by Gasteiger charge is 2.20. The van der Waals surface area contributed by atoms with Gasteiger partial charge in [0.05, 0.1) is 12.8 Å². The third-order valence-electron chi connectivity index (χ3n) is 2.35. The molecule has 0 saturated heterocycles. The average Bonchev–Trinajstić information content (AvgIpc) is 2.72. The smallest absolute Gasteiger partial charge is 0.340 e. The molecule has 16 heavy (non-hydrogen) atoms. The maximum Gasteiger partial charge on any atom is 0.340 e. The van der Waals surface area contributed by atoms with Gasteiger partial charge in [-0.15, -0.1) is 0 Å². The van der Waals surface area contributed by atoms with Gasteiger partial charge in [0, 0.05) is 15.9 Å². The van der Waals surface area contributed by atoms with Crippen molar-refractivity contribution >= 4 is 28.5 Å². The lowest BCUT2D eigenvalue weighted by atomic mass is 10.2. The second-order valence-electron chi connectivity index (χ2n) is 3.35. The summed E-state index contributed by atoms with van der Waals surface area (Å²) in [6, 6.07) is 6.98. The molecule has 2 aromatic rings. The van der Waals surface area contributed by atoms with Crippen molar-refractivity contribution in [3.63, 3.8) is 0 Å². The summed E-state index contributed by atoms with van der Waals surface area (Å²) in [6.07, 6.45) is -1.31. The standard InChI is InChI=1S/C11H10ClNO3/c1-16-11(15)10(14)9-5-6-7(12)3-2-4-8(6)13-9/h2-5,10,13-14H,1H3. The van der Waals surface area contributed by atoms with E-state index >= 15 is 0 Å². The highest BCUT2D eigenvalue weighted by molar-refractivity contribution is 6.35. The van der Waals surface area contributed by atoms with Crippen LogP contribution in [0.15, 0.2) is 24.3 Å². The Balaban J connectivity index is 2.47. The number of aliphatic hydroxyl groups excluding tert-OH is 1. The zero-order chi connectivity index (χ0) is 11.7. The maximum atomic E-state index is 11.1. The van der Waals surface area contributed by atoms with Gasteiger partial charge in [0.2, 0.25) is 0 Å². The zero-order valence-corrected chi connectivity index (χ0v) is 9.28. The minimum Gasteiger partial charge on any atom is -0.467 e. The molecule has 2 N–H and O–H groups in total. The topological polar surface area (TPSA) is 62.3 Å². The van der Waals surface area contributed by atoms with E-state index in [1.807, 2.05) is 6.07 Å². The number of fused-ring (bicyclic) bond motifs is 1. The number of rotatable bonds is 2. The molecule has 0 amide bonds. The Morgan fingerprint density at radius 3 is 2.94 bits per heavy atom. The van der Waals surface area contributed by atoms with E-state index < -0.39 is 12.1 Å². The second kappa shape index (κ2) is 4.15. The van der Waals surface area contributed by atoms with E-state index in [4.69, 9.17) is 11.6 Å². The summed E-state index contributed by atoms with van der Waals surface area (Å²) in [4.78, 5) is 14.1. The van der Waals surface area contributed by atoms with Crippen LogP contribution in [-0.4, -0.2) is 23.2 Å². The number of hydrogen-bond acceptors (Lipinski definition) is 3. The molecule has 1 heterocycles. The van der Waals surface area contributed by atoms with Crippen LogP contribution in [0, 0.1) is 0 Å². The number of aliphatic hydroxyl groups is 1. The highest BCUT2D eigenvalue weighted by Crippen LogP contribution is 2.26. The van der Waals surface area contributed by atoms with Crippen molar-refractivity contribution in [2.24, 2.45) is 0 Å². The molecular formula is C11H10ClNO3. The van der Waals surface area contributed by atoms with Gasteiger partial charge < -0.3 is 14.8 Å². The van der Waals surface area contributed by atoms with Gasteiger partial charge in [-0.1, -0.05) is 17.7 Å². The van der Waals surface area contributed by atoms with Gasteiger partial charge in [0.15, 0.2) is 6.10 Å². The molecule has 1 aromatic carbocycles. The van der Waals surface area contributed by atoms with Crippen LogP contribution in [-0.2, 0) is 9.53 Å². The molecule has 0 spiro atoms. The van der Waals surface area contributed by atoms with E-state index in [-0.39, 0.29) is 0 Å². The van der Waals surface area contributed by atoms with Crippen LogP contribution in [0.4, 0.5) is 0 Å². The number of benzene rings is 1. The number of H-pyrrole nitrogens is 1. The van der Waals surface area contributed by atoms with Gasteiger partial charge in [-0.3, -0.25) is 0 Å². The first-order valence-corrected chi connectivity index (χ1v) is 5.04. The molecule has 1 atom stereocenters. The SMILES string of the molecule is COC(=O)C(O)c1cc2c(Cl)cccc2[nH]1. The van der Waals surface area contributed by atoms with Crippen LogP contribution < -0.4 is 0 Å². The van der Waals surface area contributed by atoms with Crippen molar-refractivity contribution in [2.45, 2.75) is 6.10 Å². The van der Waals surface area contributed by atoms with Crippen LogP contribution in [0.1, 0.15) is 11.8 Å². The molecule has 0 radical (unpaired) electrons. The molecule has 2 rings (SSSR count). The van der Waals surface area contributed by atoms with Crippen LogP contribution >= 0.6 is 11.6 Å². The third-order valence-corrected chi connectivity index (χ3v) is 2.68. The van der Waals surface area contributed by atoms with Gasteiger partial charge in [0.25, 0.3) is 0 Å². The molecule has 0 aliphatic rings. The highest BCUT2D eigenvalue weighted by atomic mass is 35.5. The van der Waals surface area contributed by atoms with E-state index in [1.54, 1.807) is 18.2 Å². The minimum absolute atomic E-state index is 0.370. The number of aromatic amines is 1. The van der Waals surface area contributed by atoms with Crippen molar-refractivity contribution in [3.05, 3.63) is 35.0 Å². The number of halogens is 1. The third kappa shape index (κ3) is 1.77. The molecule has 84 valence electrons. The number of esters is 1. The van der Waals surface area contributed by atoms with E-state index in [2.05, 4.69) is 9.72 Å². The summed E-state index contributed by atoms with van der Waals surface area (Å²) in [5, 5.41) is 11.0. The Bertz CT molecular complexity index is 535. The quantitative estimate of drug-likeness (QED) is 0.789. The second-order valence-corrected chi connectivity index (χ2v) is 3.76. The van der Waals surface area contributed by atoms with Crippen molar-refractivity contribution < 1.29 is 14.6 Å². The molecule has 0 aliphatic heterocycles. The first-order chi connectivity index (χ1) is 7.63. The van der Waals surface area contributed by atoms with Crippen molar-refractivity contribution in [1.82, 2.24) is 4.98 Å². The average molecular weight is 240 g/mol. The zero-order valence-electron chi connectivity index (χ0n) is 8.53. The van der Waals surface area contributed by atoms with Crippen LogP contribution in [0.3, 0.4) is 0 Å². The van der Waals surface area contributed by atoms with E-state index in [0.29, 0.717) is 10.7 Å². The number of hydrogen-bond donors (Lipinski definition) is 2. The number of methoxy groups -OCH3 is 1. The lowest BCUT2D eigenvalue weighted by molar-refractivity contribution is -0.150. The van der Waals surface area contributed by atoms with Gasteiger partial charge in [-0.05, 0) is 18.2 Å². The fourth-order valence-electron chi connectivity index (χ4n) is 1.53. The molecule has 0 saturated carbocycles. The fourth-order valence-corrected chi connectivity index (χ4v) is 1.75. The molecule has 0 bridgehead atoms. The van der Waals surface area contributed by atoms with Crippen molar-refractivity contribution in [1.29, 1.82) is 0 Å². The van der Waals surface area contributed by atoms with Gasteiger partial charge >= 0.3 is 5.97 Å². The molecule has 4 nitrogen and oxygen atoms in total. The first kappa shape index (κ1) is 11.0. The van der Waals surface area contributed by atoms with E-state index in [0.717, 1.165) is 10.9 Å². The van der Waals surface area contributed by atoms with Crippen molar-refractivity contribution in [2.75, 3.05) is 7.11 Å². The molecule has 1 aromatic heterocycles. The van der Waals surface area contributed by atoms with Crippen LogP contribution in [0.2, 0.25) is 5.02 Å². The van der Waals surface area contributed by atoms with Gasteiger partial charge in [-0.25, -0.2) is 4.79 Å². The molecule has 5 heteroatoms. The summed E-state index contributed by atoms with van der Waals surface area (Å²) in [6.45, 7) is 0. The summed E-state index contributed by atoms with van der Waals surface area (Å²) in [5.74, 6) is -0.706. The monoisotopic (exact) mass is 239 g/mol. The largest absolute Gasteiger partial charge is 0.467 e. The summed E-state index contributed by atoms with van der Waals surface area (Å²) in [7, 11) is 1.22. The Morgan fingerprint density at radius 2 is 2.31 bits per heavy atom. The summed E-state index contributed by atoms with van der Waals surface area (Å²) in [5.41, 5.74) is 1.14. The Hall–Kier alpha value is -1.52. The minimum atomic E-state index is -1.31. The lowest BCUT2D eigenvalue weighted by Crippen LogP contribution is -2.13. The number of nitrogens with one attached hydrogen (secondary N) is 1. The maximum absolute atomic E-state index is 11.1. The number of aromatic nitrogens is 1. The van der Waals surface area contributed by atoms with Crippen LogP contribution in [0.25, 0.3) is 10.9 Å². The predicted octanol–water partition coefficient (Wildman–Crippen LogP) is 2.03. The summed E-state index contributed by atoms with van der Waals surface area (Å²) >= 11 is 5.97. The van der Waals surface area contributed by atoms with Gasteiger partial charge in [0.1, 0.15) is 0 Å². The number of ether oxygens (including phenoxy) is 1. The Kier molecular flexibility index (Phi) is 2.85. The Morgan fingerprint density at radius 1 is 1.56 bits per heavy atom. The number of carbonyl (C=O) groups excluding carboxylic acids is 1. The molecule has 1 unspecified atom stereocenters. The predicted molar refractivity (Wildman–Crippen MR) is 60.3 cm³/mol. The summed E-state index contributed by atoms with van der Waals surface area (Å²) < 4.78 is 4.45. The molecule has 0 aliphatic carbocycles. The molecule has 0 fully saturated rings.